The summed E-state index contributed by atoms with van der Waals surface area (Å²) in [5, 5.41) is 3.31. The highest BCUT2D eigenvalue weighted by atomic mass is 32.1. The van der Waals surface area contributed by atoms with Gasteiger partial charge in [-0.1, -0.05) is 6.07 Å². The van der Waals surface area contributed by atoms with Gasteiger partial charge < -0.3 is 9.88 Å². The molecule has 3 aromatic rings. The normalized spacial score (nSPS) is 16.7. The highest BCUT2D eigenvalue weighted by Crippen LogP contribution is 2.32. The van der Waals surface area contributed by atoms with E-state index < -0.39 is 0 Å². The first-order chi connectivity index (χ1) is 11.7. The Kier molecular flexibility index (Phi) is 3.69. The van der Waals surface area contributed by atoms with Crippen LogP contribution in [0.25, 0.3) is 0 Å². The summed E-state index contributed by atoms with van der Waals surface area (Å²) in [5.74, 6) is 0.643. The zero-order valence-electron chi connectivity index (χ0n) is 12.9. The van der Waals surface area contributed by atoms with Crippen LogP contribution in [0, 0.1) is 6.92 Å². The summed E-state index contributed by atoms with van der Waals surface area (Å²) in [6.45, 7) is 2.36. The number of hydrogen-bond acceptors (Lipinski definition) is 6. The third-order valence-corrected chi connectivity index (χ3v) is 4.62. The van der Waals surface area contributed by atoms with Crippen LogP contribution in [0.3, 0.4) is 0 Å². The van der Waals surface area contributed by atoms with E-state index in [1.165, 1.54) is 11.5 Å². The van der Waals surface area contributed by atoms with Gasteiger partial charge in [-0.3, -0.25) is 10.3 Å². The summed E-state index contributed by atoms with van der Waals surface area (Å²) < 4.78 is 4.09. The number of aromatic nitrogens is 5. The fourth-order valence-corrected chi connectivity index (χ4v) is 3.41. The predicted molar refractivity (Wildman–Crippen MR) is 88.7 cm³/mol. The number of carbonyl (C=O) groups is 1. The lowest BCUT2D eigenvalue weighted by molar-refractivity contribution is 0.191. The molecule has 122 valence electrons. The highest BCUT2D eigenvalue weighted by molar-refractivity contribution is 7.09. The van der Waals surface area contributed by atoms with E-state index in [9.17, 15) is 4.79 Å². The van der Waals surface area contributed by atoms with Crippen LogP contribution in [0.2, 0.25) is 0 Å². The van der Waals surface area contributed by atoms with Gasteiger partial charge in [-0.15, -0.1) is 0 Å². The molecule has 0 spiro atoms. The van der Waals surface area contributed by atoms with E-state index in [1.807, 2.05) is 18.2 Å². The molecular formula is C15H15N7OS. The summed E-state index contributed by atoms with van der Waals surface area (Å²) in [7, 11) is 0. The van der Waals surface area contributed by atoms with Crippen LogP contribution >= 0.6 is 11.5 Å². The molecule has 0 fully saturated rings. The zero-order valence-corrected chi connectivity index (χ0v) is 13.7. The van der Waals surface area contributed by atoms with Crippen molar-refractivity contribution in [2.24, 2.45) is 0 Å². The first-order valence-electron chi connectivity index (χ1n) is 7.53. The van der Waals surface area contributed by atoms with Gasteiger partial charge in [0.15, 0.2) is 0 Å². The Hall–Kier alpha value is -2.81. The van der Waals surface area contributed by atoms with Crippen molar-refractivity contribution in [2.75, 3.05) is 11.9 Å². The van der Waals surface area contributed by atoms with Crippen LogP contribution in [0.15, 0.2) is 30.7 Å². The number of aromatic amines is 1. The summed E-state index contributed by atoms with van der Waals surface area (Å²) in [5.41, 5.74) is 2.67. The maximum absolute atomic E-state index is 12.8. The van der Waals surface area contributed by atoms with E-state index in [-0.39, 0.29) is 12.1 Å². The Bertz CT molecular complexity index is 860. The standard InChI is InChI=1S/C15H15N7OS/c1-9-19-14(24-21-9)20-15(23)22-7-5-10-12(18-8-17-10)13(22)11-4-2-3-6-16-11/h2-4,6,8,13H,5,7H2,1H3,(H,17,18)(H,19,20,21,23)/t13-/m1/s1. The number of amides is 2. The van der Waals surface area contributed by atoms with Crippen LogP contribution in [0.5, 0.6) is 0 Å². The fraction of sp³-hybridized carbons (Fsp3) is 0.267. The van der Waals surface area contributed by atoms with E-state index in [2.05, 4.69) is 29.6 Å². The summed E-state index contributed by atoms with van der Waals surface area (Å²) in [4.78, 5) is 30.7. The molecule has 2 amide bonds. The van der Waals surface area contributed by atoms with E-state index in [4.69, 9.17) is 0 Å². The second-order valence-corrected chi connectivity index (χ2v) is 6.20. The molecule has 3 aromatic heterocycles. The first-order valence-corrected chi connectivity index (χ1v) is 8.30. The van der Waals surface area contributed by atoms with E-state index in [0.717, 1.165) is 23.5 Å². The van der Waals surface area contributed by atoms with Crippen LogP contribution in [-0.4, -0.2) is 41.8 Å². The number of hydrogen-bond donors (Lipinski definition) is 2. The zero-order chi connectivity index (χ0) is 16.5. The minimum Gasteiger partial charge on any atom is -0.348 e. The number of nitrogens with zero attached hydrogens (tertiary/aromatic N) is 5. The molecule has 9 heteroatoms. The molecule has 8 nitrogen and oxygen atoms in total. The van der Waals surface area contributed by atoms with E-state index in [0.29, 0.717) is 17.5 Å². The predicted octanol–water partition coefficient (Wildman–Crippen LogP) is 2.14. The van der Waals surface area contributed by atoms with Gasteiger partial charge in [0.25, 0.3) is 0 Å². The molecule has 1 atom stereocenters. The van der Waals surface area contributed by atoms with Crippen molar-refractivity contribution in [2.45, 2.75) is 19.4 Å². The lowest BCUT2D eigenvalue weighted by Gasteiger charge is -2.34. The van der Waals surface area contributed by atoms with Crippen molar-refractivity contribution in [1.29, 1.82) is 0 Å². The lowest BCUT2D eigenvalue weighted by Crippen LogP contribution is -2.43. The molecule has 2 N–H and O–H groups in total. The monoisotopic (exact) mass is 341 g/mol. The van der Waals surface area contributed by atoms with Gasteiger partial charge in [-0.2, -0.15) is 4.37 Å². The highest BCUT2D eigenvalue weighted by Gasteiger charge is 2.35. The molecule has 24 heavy (non-hydrogen) atoms. The van der Waals surface area contributed by atoms with Crippen LogP contribution in [0.1, 0.15) is 28.9 Å². The number of urea groups is 1. The maximum Gasteiger partial charge on any atom is 0.324 e. The minimum absolute atomic E-state index is 0.226. The fourth-order valence-electron chi connectivity index (χ4n) is 2.84. The van der Waals surface area contributed by atoms with Gasteiger partial charge >= 0.3 is 6.03 Å². The maximum atomic E-state index is 12.8. The Morgan fingerprint density at radius 2 is 2.33 bits per heavy atom. The van der Waals surface area contributed by atoms with Gasteiger partial charge in [0, 0.05) is 36.4 Å². The van der Waals surface area contributed by atoms with Crippen molar-refractivity contribution in [3.8, 4) is 0 Å². The topological polar surface area (TPSA) is 99.7 Å². The van der Waals surface area contributed by atoms with Crippen molar-refractivity contribution < 1.29 is 4.79 Å². The number of carbonyl (C=O) groups excluding carboxylic acids is 1. The van der Waals surface area contributed by atoms with Crippen molar-refractivity contribution in [3.05, 3.63) is 53.6 Å². The molecular weight excluding hydrogens is 326 g/mol. The Morgan fingerprint density at radius 3 is 3.08 bits per heavy atom. The second kappa shape index (κ2) is 6.00. The molecule has 1 aliphatic heterocycles. The molecule has 0 bridgehead atoms. The average Bonchev–Trinajstić information content (AvgIpc) is 3.23. The average molecular weight is 341 g/mol. The molecule has 0 saturated carbocycles. The van der Waals surface area contributed by atoms with Gasteiger partial charge in [0.2, 0.25) is 5.13 Å². The third kappa shape index (κ3) is 2.62. The molecule has 1 aliphatic rings. The van der Waals surface area contributed by atoms with E-state index >= 15 is 0 Å². The smallest absolute Gasteiger partial charge is 0.324 e. The molecule has 0 saturated heterocycles. The number of rotatable bonds is 2. The molecule has 4 rings (SSSR count). The third-order valence-electron chi connectivity index (χ3n) is 3.90. The van der Waals surface area contributed by atoms with E-state index in [1.54, 1.807) is 24.3 Å². The molecule has 0 aromatic carbocycles. The Balaban J connectivity index is 1.67. The second-order valence-electron chi connectivity index (χ2n) is 5.44. The molecule has 4 heterocycles. The van der Waals surface area contributed by atoms with Crippen molar-refractivity contribution in [3.63, 3.8) is 0 Å². The van der Waals surface area contributed by atoms with Crippen LogP contribution < -0.4 is 5.32 Å². The number of imidazole rings is 1. The van der Waals surface area contributed by atoms with Gasteiger partial charge in [0.1, 0.15) is 11.9 Å². The number of anilines is 1. The van der Waals surface area contributed by atoms with Crippen molar-refractivity contribution >= 4 is 22.7 Å². The summed E-state index contributed by atoms with van der Waals surface area (Å²) >= 11 is 1.17. The summed E-state index contributed by atoms with van der Waals surface area (Å²) in [6, 6.07) is 5.12. The van der Waals surface area contributed by atoms with Gasteiger partial charge in [-0.05, 0) is 19.1 Å². The van der Waals surface area contributed by atoms with Gasteiger partial charge in [0.05, 0.1) is 17.7 Å². The molecule has 0 radical (unpaired) electrons. The van der Waals surface area contributed by atoms with Gasteiger partial charge in [-0.25, -0.2) is 14.8 Å². The van der Waals surface area contributed by atoms with Crippen molar-refractivity contribution in [1.82, 2.24) is 29.2 Å². The number of H-pyrrole nitrogens is 1. The molecule has 0 unspecified atom stereocenters. The SMILES string of the molecule is Cc1nsc(NC(=O)N2CCc3[nH]cnc3[C@H]2c2ccccn2)n1. The lowest BCUT2D eigenvalue weighted by atomic mass is 10.00. The number of aryl methyl sites for hydroxylation is 1. The number of fused-ring (bicyclic) bond motifs is 1. The Morgan fingerprint density at radius 1 is 1.42 bits per heavy atom. The van der Waals surface area contributed by atoms with Crippen LogP contribution in [0.4, 0.5) is 9.93 Å². The number of pyridine rings is 1. The number of nitrogens with one attached hydrogen (secondary N) is 2. The van der Waals surface area contributed by atoms with Crippen LogP contribution in [-0.2, 0) is 6.42 Å². The largest absolute Gasteiger partial charge is 0.348 e. The molecule has 0 aliphatic carbocycles. The quantitative estimate of drug-likeness (QED) is 0.744. The minimum atomic E-state index is -0.324. The first kappa shape index (κ1) is 14.8. The summed E-state index contributed by atoms with van der Waals surface area (Å²) in [6.07, 6.45) is 4.11. The Labute approximate surface area is 142 Å².